The van der Waals surface area contributed by atoms with E-state index >= 15 is 0 Å². The maximum atomic E-state index is 13.5. The molecule has 0 saturated heterocycles. The van der Waals surface area contributed by atoms with Crippen molar-refractivity contribution in [2.75, 3.05) is 19.6 Å². The fourth-order valence-corrected chi connectivity index (χ4v) is 5.05. The lowest BCUT2D eigenvalue weighted by Gasteiger charge is -2.38. The number of fused-ring (bicyclic) bond motifs is 1. The van der Waals surface area contributed by atoms with Gasteiger partial charge in [0, 0.05) is 24.4 Å². The Bertz CT molecular complexity index is 874. The van der Waals surface area contributed by atoms with Crippen molar-refractivity contribution in [2.45, 2.75) is 59.4 Å². The van der Waals surface area contributed by atoms with Crippen LogP contribution in [-0.2, 0) is 16.0 Å². The molecule has 2 heterocycles. The number of hydrogen-bond donors (Lipinski definition) is 0. The van der Waals surface area contributed by atoms with E-state index in [4.69, 9.17) is 0 Å². The molecular formula is C25H34N2O2S. The molecule has 2 amide bonds. The van der Waals surface area contributed by atoms with Crippen LogP contribution in [0.25, 0.3) is 0 Å². The summed E-state index contributed by atoms with van der Waals surface area (Å²) >= 11 is 1.78. The topological polar surface area (TPSA) is 40.6 Å². The van der Waals surface area contributed by atoms with Gasteiger partial charge in [0.25, 0.3) is 0 Å². The Morgan fingerprint density at radius 1 is 1.20 bits per heavy atom. The first-order valence-corrected chi connectivity index (χ1v) is 12.0. The molecule has 0 spiro atoms. The van der Waals surface area contributed by atoms with Gasteiger partial charge in [-0.2, -0.15) is 0 Å². The number of hydrogen-bond acceptors (Lipinski definition) is 3. The van der Waals surface area contributed by atoms with Crippen LogP contribution >= 0.6 is 11.3 Å². The number of aryl methyl sites for hydroxylation is 1. The monoisotopic (exact) mass is 426 g/mol. The van der Waals surface area contributed by atoms with Crippen LogP contribution in [0.3, 0.4) is 0 Å². The average Bonchev–Trinajstić information content (AvgIpc) is 3.19. The SMILES string of the molecule is CCCC(=O)N(CCC(C)C)CC(=O)N1CCc2sccc2[C@@H]1c1ccccc1C. The fourth-order valence-electron chi connectivity index (χ4n) is 4.15. The predicted molar refractivity (Wildman–Crippen MR) is 124 cm³/mol. The molecular weight excluding hydrogens is 392 g/mol. The number of carbonyl (C=O) groups is 2. The van der Waals surface area contributed by atoms with Gasteiger partial charge in [0.1, 0.15) is 0 Å². The van der Waals surface area contributed by atoms with E-state index in [1.54, 1.807) is 16.2 Å². The number of thiophene rings is 1. The molecule has 162 valence electrons. The summed E-state index contributed by atoms with van der Waals surface area (Å²) in [6, 6.07) is 10.4. The summed E-state index contributed by atoms with van der Waals surface area (Å²) in [6.07, 6.45) is 3.11. The number of carbonyl (C=O) groups excluding carboxylic acids is 2. The molecule has 1 atom stereocenters. The quantitative estimate of drug-likeness (QED) is 0.582. The van der Waals surface area contributed by atoms with E-state index in [9.17, 15) is 9.59 Å². The van der Waals surface area contributed by atoms with Crippen LogP contribution < -0.4 is 0 Å². The van der Waals surface area contributed by atoms with Gasteiger partial charge in [0.15, 0.2) is 0 Å². The Labute approximate surface area is 184 Å². The zero-order chi connectivity index (χ0) is 21.7. The van der Waals surface area contributed by atoms with Gasteiger partial charge in [0.05, 0.1) is 12.6 Å². The maximum Gasteiger partial charge on any atom is 0.242 e. The predicted octanol–water partition coefficient (Wildman–Crippen LogP) is 5.21. The highest BCUT2D eigenvalue weighted by Gasteiger charge is 2.34. The molecule has 0 unspecified atom stereocenters. The molecule has 0 fully saturated rings. The molecule has 0 N–H and O–H groups in total. The lowest BCUT2D eigenvalue weighted by atomic mass is 9.90. The largest absolute Gasteiger partial charge is 0.333 e. The van der Waals surface area contributed by atoms with Crippen molar-refractivity contribution in [3.05, 3.63) is 57.3 Å². The first-order valence-electron chi connectivity index (χ1n) is 11.1. The lowest BCUT2D eigenvalue weighted by Crippen LogP contribution is -2.47. The zero-order valence-electron chi connectivity index (χ0n) is 18.7. The summed E-state index contributed by atoms with van der Waals surface area (Å²) in [7, 11) is 0. The van der Waals surface area contributed by atoms with Crippen molar-refractivity contribution >= 4 is 23.2 Å². The van der Waals surface area contributed by atoms with Gasteiger partial charge in [0.2, 0.25) is 11.8 Å². The summed E-state index contributed by atoms with van der Waals surface area (Å²) < 4.78 is 0. The van der Waals surface area contributed by atoms with Crippen LogP contribution in [0.15, 0.2) is 35.7 Å². The number of benzene rings is 1. The van der Waals surface area contributed by atoms with Crippen LogP contribution in [-0.4, -0.2) is 41.2 Å². The third kappa shape index (κ3) is 5.12. The van der Waals surface area contributed by atoms with Crippen LogP contribution in [0, 0.1) is 12.8 Å². The smallest absolute Gasteiger partial charge is 0.242 e. The van der Waals surface area contributed by atoms with Crippen LogP contribution in [0.1, 0.15) is 67.6 Å². The molecule has 2 aromatic rings. The van der Waals surface area contributed by atoms with Gasteiger partial charge >= 0.3 is 0 Å². The van der Waals surface area contributed by atoms with E-state index in [2.05, 4.69) is 44.4 Å². The highest BCUT2D eigenvalue weighted by molar-refractivity contribution is 7.10. The molecule has 0 bridgehead atoms. The highest BCUT2D eigenvalue weighted by atomic mass is 32.1. The lowest BCUT2D eigenvalue weighted by molar-refractivity contribution is -0.142. The maximum absolute atomic E-state index is 13.5. The number of rotatable bonds is 8. The van der Waals surface area contributed by atoms with E-state index in [1.807, 2.05) is 24.0 Å². The van der Waals surface area contributed by atoms with Gasteiger partial charge in [-0.3, -0.25) is 9.59 Å². The Morgan fingerprint density at radius 3 is 2.67 bits per heavy atom. The van der Waals surface area contributed by atoms with Crippen molar-refractivity contribution < 1.29 is 9.59 Å². The molecule has 30 heavy (non-hydrogen) atoms. The molecule has 0 radical (unpaired) electrons. The van der Waals surface area contributed by atoms with E-state index in [1.165, 1.54) is 21.6 Å². The highest BCUT2D eigenvalue weighted by Crippen LogP contribution is 2.39. The molecule has 5 heteroatoms. The Balaban J connectivity index is 1.87. The molecule has 0 aliphatic carbocycles. The van der Waals surface area contributed by atoms with Gasteiger partial charge in [-0.05, 0) is 60.2 Å². The fraction of sp³-hybridized carbons (Fsp3) is 0.520. The van der Waals surface area contributed by atoms with Crippen LogP contribution in [0.4, 0.5) is 0 Å². The zero-order valence-corrected chi connectivity index (χ0v) is 19.5. The molecule has 0 saturated carbocycles. The molecule has 1 aliphatic rings. The second kappa shape index (κ2) is 10.3. The van der Waals surface area contributed by atoms with Gasteiger partial charge in [-0.1, -0.05) is 45.0 Å². The van der Waals surface area contributed by atoms with Crippen molar-refractivity contribution in [1.29, 1.82) is 0 Å². The van der Waals surface area contributed by atoms with Crippen LogP contribution in [0.2, 0.25) is 0 Å². The summed E-state index contributed by atoms with van der Waals surface area (Å²) in [6.45, 7) is 9.95. The molecule has 1 aromatic heterocycles. The third-order valence-corrected chi connectivity index (χ3v) is 6.88. The first kappa shape index (κ1) is 22.5. The second-order valence-corrected chi connectivity index (χ2v) is 9.64. The van der Waals surface area contributed by atoms with Crippen molar-refractivity contribution in [3.63, 3.8) is 0 Å². The Kier molecular flexibility index (Phi) is 7.70. The van der Waals surface area contributed by atoms with Crippen molar-refractivity contribution in [3.8, 4) is 0 Å². The van der Waals surface area contributed by atoms with Gasteiger partial charge in [-0.15, -0.1) is 11.3 Å². The average molecular weight is 427 g/mol. The Morgan fingerprint density at radius 2 is 1.97 bits per heavy atom. The van der Waals surface area contributed by atoms with E-state index < -0.39 is 0 Å². The van der Waals surface area contributed by atoms with Gasteiger partial charge in [-0.25, -0.2) is 0 Å². The van der Waals surface area contributed by atoms with Crippen molar-refractivity contribution in [2.24, 2.45) is 5.92 Å². The van der Waals surface area contributed by atoms with E-state index in [-0.39, 0.29) is 24.4 Å². The van der Waals surface area contributed by atoms with E-state index in [0.29, 0.717) is 25.4 Å². The molecule has 4 nitrogen and oxygen atoms in total. The number of amides is 2. The normalized spacial score (nSPS) is 15.9. The standard InChI is InChI=1S/C25H34N2O2S/c1-5-8-23(28)26(14-11-18(2)3)17-24(29)27-15-12-22-21(13-16-30-22)25(27)20-10-7-6-9-19(20)4/h6-7,9-10,13,16,18,25H,5,8,11-12,14-15,17H2,1-4H3/t25-/m0/s1. The third-order valence-electron chi connectivity index (χ3n) is 5.89. The minimum Gasteiger partial charge on any atom is -0.333 e. The molecule has 3 rings (SSSR count). The van der Waals surface area contributed by atoms with E-state index in [0.717, 1.165) is 19.3 Å². The second-order valence-electron chi connectivity index (χ2n) is 8.64. The minimum absolute atomic E-state index is 0.0494. The summed E-state index contributed by atoms with van der Waals surface area (Å²) in [4.78, 5) is 31.4. The van der Waals surface area contributed by atoms with Gasteiger partial charge < -0.3 is 9.80 Å². The minimum atomic E-state index is -0.0677. The summed E-state index contributed by atoms with van der Waals surface area (Å²) in [5.74, 6) is 0.639. The van der Waals surface area contributed by atoms with Crippen molar-refractivity contribution in [1.82, 2.24) is 9.80 Å². The number of nitrogens with zero attached hydrogens (tertiary/aromatic N) is 2. The molecule has 1 aliphatic heterocycles. The van der Waals surface area contributed by atoms with Crippen LogP contribution in [0.5, 0.6) is 0 Å². The molecule has 1 aromatic carbocycles. The summed E-state index contributed by atoms with van der Waals surface area (Å²) in [5, 5.41) is 2.13. The Hall–Kier alpha value is -2.14. The summed E-state index contributed by atoms with van der Waals surface area (Å²) in [5.41, 5.74) is 3.61. The first-order chi connectivity index (χ1) is 14.4.